The molecule has 0 saturated carbocycles. The largest absolute Gasteiger partial charge is 0.419 e. The first kappa shape index (κ1) is 16.5. The van der Waals surface area contributed by atoms with Gasteiger partial charge in [0.05, 0.1) is 12.1 Å². The van der Waals surface area contributed by atoms with Gasteiger partial charge in [-0.1, -0.05) is 6.07 Å². The number of aryl methyl sites for hydroxylation is 1. The van der Waals surface area contributed by atoms with Crippen LogP contribution in [0.1, 0.15) is 10.4 Å². The van der Waals surface area contributed by atoms with Gasteiger partial charge in [0.25, 0.3) is 0 Å². The van der Waals surface area contributed by atoms with Crippen LogP contribution in [-0.4, -0.2) is 53.0 Å². The molecule has 3 aromatic rings. The first-order valence-corrected chi connectivity index (χ1v) is 8.63. The highest BCUT2D eigenvalue weighted by Crippen LogP contribution is 2.16. The fraction of sp³-hybridized carbons (Fsp3) is 0.316. The molecule has 7 nitrogen and oxygen atoms in total. The molecule has 0 amide bonds. The predicted molar refractivity (Wildman–Crippen MR) is 98.7 cm³/mol. The normalized spacial score (nSPS) is 15.5. The van der Waals surface area contributed by atoms with Crippen molar-refractivity contribution in [3.63, 3.8) is 0 Å². The van der Waals surface area contributed by atoms with E-state index in [2.05, 4.69) is 14.8 Å². The Labute approximate surface area is 150 Å². The summed E-state index contributed by atoms with van der Waals surface area (Å²) < 4.78 is 6.60. The zero-order valence-electron chi connectivity index (χ0n) is 14.6. The molecule has 1 fully saturated rings. The Morgan fingerprint density at radius 1 is 1.15 bits per heavy atom. The number of benzene rings is 1. The number of piperazine rings is 1. The van der Waals surface area contributed by atoms with E-state index in [4.69, 9.17) is 4.42 Å². The Bertz CT molecular complexity index is 985. The van der Waals surface area contributed by atoms with Gasteiger partial charge < -0.3 is 9.32 Å². The molecule has 0 spiro atoms. The second kappa shape index (κ2) is 6.76. The number of nitrogens with zero attached hydrogens (tertiary/aromatic N) is 4. The molecular weight excluding hydrogens is 332 g/mol. The smallest absolute Gasteiger partial charge is 0.408 e. The first-order valence-electron chi connectivity index (χ1n) is 8.63. The van der Waals surface area contributed by atoms with E-state index in [9.17, 15) is 9.59 Å². The minimum atomic E-state index is -0.421. The van der Waals surface area contributed by atoms with Crippen LogP contribution < -0.4 is 10.7 Å². The van der Waals surface area contributed by atoms with Gasteiger partial charge in [-0.3, -0.25) is 14.3 Å². The van der Waals surface area contributed by atoms with Crippen LogP contribution in [0.2, 0.25) is 0 Å². The SMILES string of the molecule is Cn1c(=O)oc2cc(C(=O)CN3CCN(c4ccccn4)CC3)ccc21. The summed E-state index contributed by atoms with van der Waals surface area (Å²) in [5.74, 6) is 0.586. The van der Waals surface area contributed by atoms with Crippen LogP contribution in [0.4, 0.5) is 5.82 Å². The summed E-state index contributed by atoms with van der Waals surface area (Å²) in [7, 11) is 1.65. The highest BCUT2D eigenvalue weighted by atomic mass is 16.4. The van der Waals surface area contributed by atoms with Crippen molar-refractivity contribution in [1.82, 2.24) is 14.5 Å². The lowest BCUT2D eigenvalue weighted by atomic mass is 10.1. The Morgan fingerprint density at radius 3 is 2.69 bits per heavy atom. The Morgan fingerprint density at radius 2 is 1.96 bits per heavy atom. The molecule has 134 valence electrons. The summed E-state index contributed by atoms with van der Waals surface area (Å²) in [6.07, 6.45) is 1.79. The van der Waals surface area contributed by atoms with Crippen molar-refractivity contribution in [3.8, 4) is 0 Å². The molecule has 1 aliphatic rings. The summed E-state index contributed by atoms with van der Waals surface area (Å²) in [5, 5.41) is 0. The second-order valence-electron chi connectivity index (χ2n) is 6.48. The van der Waals surface area contributed by atoms with Gasteiger partial charge in [0.2, 0.25) is 0 Å². The van der Waals surface area contributed by atoms with E-state index in [0.717, 1.165) is 32.0 Å². The average molecular weight is 352 g/mol. The van der Waals surface area contributed by atoms with Gasteiger partial charge in [-0.25, -0.2) is 9.78 Å². The fourth-order valence-corrected chi connectivity index (χ4v) is 3.28. The second-order valence-corrected chi connectivity index (χ2v) is 6.48. The number of pyridine rings is 1. The van der Waals surface area contributed by atoms with Crippen molar-refractivity contribution in [2.75, 3.05) is 37.6 Å². The Balaban J connectivity index is 1.40. The van der Waals surface area contributed by atoms with Gasteiger partial charge in [-0.15, -0.1) is 0 Å². The molecule has 7 heteroatoms. The molecule has 2 aromatic heterocycles. The number of hydrogen-bond donors (Lipinski definition) is 0. The van der Waals surface area contributed by atoms with Crippen molar-refractivity contribution in [1.29, 1.82) is 0 Å². The zero-order valence-corrected chi connectivity index (χ0v) is 14.6. The minimum absolute atomic E-state index is 0.0321. The molecule has 26 heavy (non-hydrogen) atoms. The summed E-state index contributed by atoms with van der Waals surface area (Å²) in [6.45, 7) is 3.67. The number of anilines is 1. The molecule has 0 aliphatic carbocycles. The van der Waals surface area contributed by atoms with E-state index in [1.165, 1.54) is 4.57 Å². The molecular formula is C19H20N4O3. The maximum Gasteiger partial charge on any atom is 0.419 e. The van der Waals surface area contributed by atoms with Crippen LogP contribution in [0.5, 0.6) is 0 Å². The number of oxazole rings is 1. The third-order valence-corrected chi connectivity index (χ3v) is 4.83. The summed E-state index contributed by atoms with van der Waals surface area (Å²) in [6, 6.07) is 11.1. The van der Waals surface area contributed by atoms with E-state index < -0.39 is 5.76 Å². The van der Waals surface area contributed by atoms with E-state index >= 15 is 0 Å². The molecule has 3 heterocycles. The van der Waals surface area contributed by atoms with Crippen LogP contribution in [0.3, 0.4) is 0 Å². The molecule has 0 unspecified atom stereocenters. The fourth-order valence-electron chi connectivity index (χ4n) is 3.28. The molecule has 0 bridgehead atoms. The highest BCUT2D eigenvalue weighted by molar-refractivity contribution is 6.00. The number of Topliss-reactive ketones (excluding diaryl/α,β-unsaturated/α-hetero) is 1. The Kier molecular flexibility index (Phi) is 4.30. The van der Waals surface area contributed by atoms with E-state index in [1.54, 1.807) is 31.4 Å². The third-order valence-electron chi connectivity index (χ3n) is 4.83. The zero-order chi connectivity index (χ0) is 18.1. The summed E-state index contributed by atoms with van der Waals surface area (Å²) in [5.41, 5.74) is 1.71. The summed E-state index contributed by atoms with van der Waals surface area (Å²) in [4.78, 5) is 32.9. The number of hydrogen-bond acceptors (Lipinski definition) is 6. The van der Waals surface area contributed by atoms with Crippen LogP contribution >= 0.6 is 0 Å². The number of ketones is 1. The van der Waals surface area contributed by atoms with Gasteiger partial charge in [0.1, 0.15) is 5.82 Å². The Hall–Kier alpha value is -2.93. The van der Waals surface area contributed by atoms with Crippen LogP contribution in [-0.2, 0) is 7.05 Å². The molecule has 1 aromatic carbocycles. The number of fused-ring (bicyclic) bond motifs is 1. The quantitative estimate of drug-likeness (QED) is 0.663. The average Bonchev–Trinajstić information content (AvgIpc) is 2.96. The number of carbonyl (C=O) groups excluding carboxylic acids is 1. The van der Waals surface area contributed by atoms with Gasteiger partial charge in [-0.2, -0.15) is 0 Å². The molecule has 1 aliphatic heterocycles. The molecule has 4 rings (SSSR count). The van der Waals surface area contributed by atoms with Gasteiger partial charge in [-0.05, 0) is 30.3 Å². The lowest BCUT2D eigenvalue weighted by molar-refractivity contribution is 0.0926. The standard InChI is InChI=1S/C19H20N4O3/c1-21-15-6-5-14(12-17(15)26-19(21)25)16(24)13-22-8-10-23(11-9-22)18-4-2-3-7-20-18/h2-7,12H,8-11,13H2,1H3. The van der Waals surface area contributed by atoms with Crippen molar-refractivity contribution in [2.45, 2.75) is 0 Å². The molecule has 0 atom stereocenters. The molecule has 0 N–H and O–H groups in total. The van der Waals surface area contributed by atoms with E-state index in [-0.39, 0.29) is 5.78 Å². The maximum absolute atomic E-state index is 12.6. The minimum Gasteiger partial charge on any atom is -0.408 e. The van der Waals surface area contributed by atoms with Gasteiger partial charge >= 0.3 is 5.76 Å². The van der Waals surface area contributed by atoms with Crippen LogP contribution in [0.25, 0.3) is 11.1 Å². The lowest BCUT2D eigenvalue weighted by Gasteiger charge is -2.35. The van der Waals surface area contributed by atoms with Crippen molar-refractivity contribution in [3.05, 3.63) is 58.7 Å². The van der Waals surface area contributed by atoms with Crippen LogP contribution in [0.15, 0.2) is 51.8 Å². The highest BCUT2D eigenvalue weighted by Gasteiger charge is 2.20. The topological polar surface area (TPSA) is 71.6 Å². The number of carbonyl (C=O) groups is 1. The van der Waals surface area contributed by atoms with Gasteiger partial charge in [0.15, 0.2) is 11.4 Å². The molecule has 1 saturated heterocycles. The summed E-state index contributed by atoms with van der Waals surface area (Å²) >= 11 is 0. The number of aromatic nitrogens is 2. The number of rotatable bonds is 4. The van der Waals surface area contributed by atoms with Gasteiger partial charge in [0, 0.05) is 45.0 Å². The van der Waals surface area contributed by atoms with Crippen molar-refractivity contribution in [2.24, 2.45) is 7.05 Å². The lowest BCUT2D eigenvalue weighted by Crippen LogP contribution is -2.48. The van der Waals surface area contributed by atoms with Crippen molar-refractivity contribution >= 4 is 22.7 Å². The first-order chi connectivity index (χ1) is 12.6. The van der Waals surface area contributed by atoms with Crippen molar-refractivity contribution < 1.29 is 9.21 Å². The predicted octanol–water partition coefficient (Wildman–Crippen LogP) is 1.53. The third kappa shape index (κ3) is 3.13. The monoisotopic (exact) mass is 352 g/mol. The van der Waals surface area contributed by atoms with E-state index in [0.29, 0.717) is 23.2 Å². The maximum atomic E-state index is 12.6. The molecule has 0 radical (unpaired) electrons. The van der Waals surface area contributed by atoms with E-state index in [1.807, 2.05) is 18.2 Å². The van der Waals surface area contributed by atoms with Crippen LogP contribution in [0, 0.1) is 0 Å².